The molecule has 0 aromatic carbocycles. The molecule has 0 aliphatic carbocycles. The van der Waals surface area contributed by atoms with Gasteiger partial charge in [0.15, 0.2) is 0 Å². The first-order valence-corrected chi connectivity index (χ1v) is 5.90. The van der Waals surface area contributed by atoms with E-state index in [-0.39, 0.29) is 11.4 Å². The van der Waals surface area contributed by atoms with Gasteiger partial charge in [-0.1, -0.05) is 13.3 Å². The fraction of sp³-hybridized carbons (Fsp3) is 0.500. The molecule has 8 heteroatoms. The summed E-state index contributed by atoms with van der Waals surface area (Å²) >= 11 is 0. The summed E-state index contributed by atoms with van der Waals surface area (Å²) in [6.07, 6.45) is -2.66. The first kappa shape index (κ1) is 16.2. The van der Waals surface area contributed by atoms with Crippen molar-refractivity contribution in [3.05, 3.63) is 23.4 Å². The van der Waals surface area contributed by atoms with Crippen LogP contribution in [-0.2, 0) is 6.42 Å². The number of nitrogens with zero attached hydrogens (tertiary/aromatic N) is 1. The third kappa shape index (κ3) is 4.36. The minimum absolute atomic E-state index is 0.133. The molecule has 0 unspecified atom stereocenters. The Kier molecular flexibility index (Phi) is 5.29. The molecule has 0 fully saturated rings. The summed E-state index contributed by atoms with van der Waals surface area (Å²) in [7, 11) is 0. The minimum Gasteiger partial charge on any atom is -0.478 e. The van der Waals surface area contributed by atoms with Crippen LogP contribution >= 0.6 is 0 Å². The summed E-state index contributed by atoms with van der Waals surface area (Å²) in [4.78, 5) is 14.8. The van der Waals surface area contributed by atoms with E-state index in [1.54, 1.807) is 0 Å². The number of carbonyl (C=O) groups is 1. The van der Waals surface area contributed by atoms with Gasteiger partial charge in [0.05, 0.1) is 12.1 Å². The number of aromatic nitrogens is 1. The van der Waals surface area contributed by atoms with Gasteiger partial charge < -0.3 is 10.4 Å². The van der Waals surface area contributed by atoms with Gasteiger partial charge in [0.25, 0.3) is 0 Å². The summed E-state index contributed by atoms with van der Waals surface area (Å²) < 4.78 is 49.6. The SMILES string of the molecule is CCCc1cc(C(=O)O)cc(NCC(F)(F)C(F)F)n1. The minimum atomic E-state index is -4.20. The van der Waals surface area contributed by atoms with Crippen molar-refractivity contribution in [1.82, 2.24) is 4.98 Å². The molecule has 0 aliphatic heterocycles. The van der Waals surface area contributed by atoms with Crippen molar-refractivity contribution in [2.24, 2.45) is 0 Å². The van der Waals surface area contributed by atoms with Crippen molar-refractivity contribution in [1.29, 1.82) is 0 Å². The lowest BCUT2D eigenvalue weighted by molar-refractivity contribution is -0.117. The molecule has 0 amide bonds. The van der Waals surface area contributed by atoms with E-state index >= 15 is 0 Å². The van der Waals surface area contributed by atoms with Gasteiger partial charge in [0.1, 0.15) is 5.82 Å². The molecular formula is C12H14F4N2O2. The van der Waals surface area contributed by atoms with Crippen molar-refractivity contribution >= 4 is 11.8 Å². The number of rotatable bonds is 7. The second-order valence-electron chi connectivity index (χ2n) is 4.20. The number of pyridine rings is 1. The topological polar surface area (TPSA) is 62.2 Å². The maximum Gasteiger partial charge on any atom is 0.335 e. The lowest BCUT2D eigenvalue weighted by Gasteiger charge is -2.16. The van der Waals surface area contributed by atoms with Crippen LogP contribution in [-0.4, -0.2) is 35.0 Å². The molecule has 4 nitrogen and oxygen atoms in total. The van der Waals surface area contributed by atoms with E-state index in [0.29, 0.717) is 18.5 Å². The standard InChI is InChI=1S/C12H14F4N2O2/c1-2-3-8-4-7(10(19)20)5-9(18-8)17-6-12(15,16)11(13)14/h4-5,11H,2-3,6H2,1H3,(H,17,18)(H,19,20). The molecule has 2 N–H and O–H groups in total. The molecule has 1 heterocycles. The van der Waals surface area contributed by atoms with E-state index in [2.05, 4.69) is 10.3 Å². The summed E-state index contributed by atoms with van der Waals surface area (Å²) in [6.45, 7) is 0.527. The van der Waals surface area contributed by atoms with E-state index in [1.165, 1.54) is 6.07 Å². The highest BCUT2D eigenvalue weighted by Crippen LogP contribution is 2.23. The summed E-state index contributed by atoms with van der Waals surface area (Å²) in [5.41, 5.74) is 0.265. The average Bonchev–Trinajstić information content (AvgIpc) is 2.36. The Labute approximate surface area is 112 Å². The van der Waals surface area contributed by atoms with Crippen LogP contribution in [0.25, 0.3) is 0 Å². The Morgan fingerprint density at radius 3 is 2.60 bits per heavy atom. The number of carboxylic acids is 1. The van der Waals surface area contributed by atoms with Crippen LogP contribution < -0.4 is 5.32 Å². The maximum atomic E-state index is 12.8. The molecule has 0 spiro atoms. The third-order valence-corrected chi connectivity index (χ3v) is 2.46. The molecule has 0 bridgehead atoms. The van der Waals surface area contributed by atoms with Crippen LogP contribution in [0.5, 0.6) is 0 Å². The number of hydrogen-bond acceptors (Lipinski definition) is 3. The molecule has 0 radical (unpaired) electrons. The highest BCUT2D eigenvalue weighted by Gasteiger charge is 2.40. The van der Waals surface area contributed by atoms with Crippen molar-refractivity contribution in [3.63, 3.8) is 0 Å². The smallest absolute Gasteiger partial charge is 0.335 e. The fourth-order valence-electron chi connectivity index (χ4n) is 1.47. The highest BCUT2D eigenvalue weighted by atomic mass is 19.3. The summed E-state index contributed by atoms with van der Waals surface area (Å²) in [5.74, 6) is -5.60. The van der Waals surface area contributed by atoms with E-state index < -0.39 is 24.9 Å². The van der Waals surface area contributed by atoms with Gasteiger partial charge in [0, 0.05) is 5.69 Å². The second kappa shape index (κ2) is 6.53. The largest absolute Gasteiger partial charge is 0.478 e. The number of nitrogens with one attached hydrogen (secondary N) is 1. The quantitative estimate of drug-likeness (QED) is 0.759. The van der Waals surface area contributed by atoms with Crippen LogP contribution in [0, 0.1) is 0 Å². The van der Waals surface area contributed by atoms with Gasteiger partial charge in [-0.3, -0.25) is 0 Å². The molecule has 1 aromatic heterocycles. The van der Waals surface area contributed by atoms with Crippen molar-refractivity contribution in [3.8, 4) is 0 Å². The Balaban J connectivity index is 2.91. The van der Waals surface area contributed by atoms with Crippen LogP contribution in [0.3, 0.4) is 0 Å². The molecule has 0 atom stereocenters. The second-order valence-corrected chi connectivity index (χ2v) is 4.20. The fourth-order valence-corrected chi connectivity index (χ4v) is 1.47. The van der Waals surface area contributed by atoms with Crippen LogP contribution in [0.4, 0.5) is 23.4 Å². The molecule has 1 rings (SSSR count). The maximum absolute atomic E-state index is 12.8. The number of hydrogen-bond donors (Lipinski definition) is 2. The lowest BCUT2D eigenvalue weighted by atomic mass is 10.1. The van der Waals surface area contributed by atoms with Gasteiger partial charge >= 0.3 is 18.3 Å². The van der Waals surface area contributed by atoms with E-state index in [0.717, 1.165) is 6.07 Å². The van der Waals surface area contributed by atoms with Crippen LogP contribution in [0.15, 0.2) is 12.1 Å². The number of aryl methyl sites for hydroxylation is 1. The number of carboxylic acid groups (broad SMARTS) is 1. The van der Waals surface area contributed by atoms with Gasteiger partial charge in [-0.2, -0.15) is 8.78 Å². The number of alkyl halides is 4. The zero-order chi connectivity index (χ0) is 15.3. The van der Waals surface area contributed by atoms with Crippen LogP contribution in [0.2, 0.25) is 0 Å². The van der Waals surface area contributed by atoms with Crippen LogP contribution in [0.1, 0.15) is 29.4 Å². The van der Waals surface area contributed by atoms with Gasteiger partial charge in [-0.05, 0) is 18.6 Å². The first-order chi connectivity index (χ1) is 9.26. The Hall–Kier alpha value is -1.86. The Bertz CT molecular complexity index is 481. The van der Waals surface area contributed by atoms with E-state index in [4.69, 9.17) is 5.11 Å². The summed E-state index contributed by atoms with van der Waals surface area (Å²) in [6, 6.07) is 2.35. The molecule has 112 valence electrons. The monoisotopic (exact) mass is 294 g/mol. The average molecular weight is 294 g/mol. The zero-order valence-corrected chi connectivity index (χ0v) is 10.7. The lowest BCUT2D eigenvalue weighted by Crippen LogP contribution is -2.35. The van der Waals surface area contributed by atoms with E-state index in [9.17, 15) is 22.4 Å². The Morgan fingerprint density at radius 1 is 1.45 bits per heavy atom. The molecule has 20 heavy (non-hydrogen) atoms. The van der Waals surface area contributed by atoms with Gasteiger partial charge in [0.2, 0.25) is 0 Å². The highest BCUT2D eigenvalue weighted by molar-refractivity contribution is 5.88. The first-order valence-electron chi connectivity index (χ1n) is 5.90. The van der Waals surface area contributed by atoms with Crippen molar-refractivity contribution in [2.45, 2.75) is 32.1 Å². The molecule has 0 saturated heterocycles. The third-order valence-electron chi connectivity index (χ3n) is 2.46. The molecule has 0 aliphatic rings. The van der Waals surface area contributed by atoms with Gasteiger partial charge in [-0.25, -0.2) is 18.6 Å². The summed E-state index contributed by atoms with van der Waals surface area (Å²) in [5, 5.41) is 11.0. The molecule has 1 aromatic rings. The number of anilines is 1. The molecular weight excluding hydrogens is 280 g/mol. The van der Waals surface area contributed by atoms with Crippen molar-refractivity contribution in [2.75, 3.05) is 11.9 Å². The number of aromatic carboxylic acids is 1. The predicted octanol–water partition coefficient (Wildman–Crippen LogP) is 3.04. The van der Waals surface area contributed by atoms with Gasteiger partial charge in [-0.15, -0.1) is 0 Å². The Morgan fingerprint density at radius 2 is 2.10 bits per heavy atom. The normalized spacial score (nSPS) is 11.7. The number of halogens is 4. The molecule has 0 saturated carbocycles. The van der Waals surface area contributed by atoms with Crippen molar-refractivity contribution < 1.29 is 27.5 Å². The van der Waals surface area contributed by atoms with E-state index in [1.807, 2.05) is 6.92 Å². The predicted molar refractivity (Wildman–Crippen MR) is 64.6 cm³/mol. The zero-order valence-electron chi connectivity index (χ0n) is 10.7.